The Morgan fingerprint density at radius 2 is 2.18 bits per heavy atom. The molecule has 1 fully saturated rings. The topological polar surface area (TPSA) is 76.8 Å². The lowest BCUT2D eigenvalue weighted by molar-refractivity contribution is -0.0520. The molecule has 0 saturated carbocycles. The number of hydrogen-bond acceptors (Lipinski definition) is 5. The van der Waals surface area contributed by atoms with Crippen LogP contribution in [0.4, 0.5) is 0 Å². The fourth-order valence-corrected chi connectivity index (χ4v) is 3.21. The first-order valence-electron chi connectivity index (χ1n) is 7.74. The van der Waals surface area contributed by atoms with Gasteiger partial charge in [-0.1, -0.05) is 0 Å². The van der Waals surface area contributed by atoms with Crippen LogP contribution in [0.25, 0.3) is 0 Å². The molecule has 0 spiro atoms. The van der Waals surface area contributed by atoms with Crippen LogP contribution < -0.4 is 0 Å². The van der Waals surface area contributed by atoms with Gasteiger partial charge in [0.1, 0.15) is 5.69 Å². The summed E-state index contributed by atoms with van der Waals surface area (Å²) in [6.45, 7) is 5.46. The third kappa shape index (κ3) is 2.64. The summed E-state index contributed by atoms with van der Waals surface area (Å²) >= 11 is 0. The summed E-state index contributed by atoms with van der Waals surface area (Å²) in [6, 6.07) is 0. The summed E-state index contributed by atoms with van der Waals surface area (Å²) in [7, 11) is 1.81. The number of aryl methyl sites for hydroxylation is 1. The van der Waals surface area contributed by atoms with E-state index in [4.69, 9.17) is 14.6 Å². The van der Waals surface area contributed by atoms with Crippen LogP contribution in [0.1, 0.15) is 41.7 Å². The number of aliphatic hydroxyl groups is 1. The molecule has 2 aliphatic rings. The second kappa shape index (κ2) is 5.98. The Hall–Kier alpha value is -1.44. The van der Waals surface area contributed by atoms with Crippen LogP contribution >= 0.6 is 0 Å². The lowest BCUT2D eigenvalue weighted by atomic mass is 9.98. The zero-order valence-corrected chi connectivity index (χ0v) is 13.3. The highest BCUT2D eigenvalue weighted by Gasteiger charge is 2.37. The van der Waals surface area contributed by atoms with E-state index in [1.807, 2.05) is 20.9 Å². The number of aromatic nitrogens is 2. The van der Waals surface area contributed by atoms with E-state index in [2.05, 4.69) is 5.10 Å². The van der Waals surface area contributed by atoms with Crippen LogP contribution in [0.2, 0.25) is 0 Å². The normalized spacial score (nSPS) is 25.0. The van der Waals surface area contributed by atoms with Crippen molar-refractivity contribution in [2.45, 2.75) is 38.6 Å². The first kappa shape index (κ1) is 15.5. The lowest BCUT2D eigenvalue weighted by Crippen LogP contribution is -2.55. The summed E-state index contributed by atoms with van der Waals surface area (Å²) in [5.41, 5.74) is 2.55. The van der Waals surface area contributed by atoms with E-state index >= 15 is 0 Å². The number of ether oxygens (including phenoxy) is 2. The second-order valence-corrected chi connectivity index (χ2v) is 6.06. The van der Waals surface area contributed by atoms with Crippen LogP contribution in [0.3, 0.4) is 0 Å². The van der Waals surface area contributed by atoms with Gasteiger partial charge < -0.3 is 19.5 Å². The van der Waals surface area contributed by atoms with Crippen LogP contribution in [0, 0.1) is 0 Å². The average molecular weight is 309 g/mol. The third-order valence-electron chi connectivity index (χ3n) is 4.27. The first-order valence-corrected chi connectivity index (χ1v) is 7.74. The first-order chi connectivity index (χ1) is 10.5. The minimum Gasteiger partial charge on any atom is -0.394 e. The molecule has 122 valence electrons. The predicted octanol–water partition coefficient (Wildman–Crippen LogP) is 0.276. The van der Waals surface area contributed by atoms with Crippen molar-refractivity contribution in [3.63, 3.8) is 0 Å². The Labute approximate surface area is 129 Å². The number of likely N-dealkylation sites (tertiary alicyclic amines) is 1. The fraction of sp³-hybridized carbons (Fsp3) is 0.733. The molecule has 7 nitrogen and oxygen atoms in total. The summed E-state index contributed by atoms with van der Waals surface area (Å²) in [4.78, 5) is 14.5. The molecule has 1 aromatic heterocycles. The Bertz CT molecular complexity index is 565. The molecule has 1 amide bonds. The van der Waals surface area contributed by atoms with Crippen LogP contribution in [-0.2, 0) is 22.9 Å². The Morgan fingerprint density at radius 3 is 2.86 bits per heavy atom. The molecule has 7 heteroatoms. The molecule has 0 unspecified atom stereocenters. The number of carbonyl (C=O) groups is 1. The van der Waals surface area contributed by atoms with E-state index in [1.54, 1.807) is 9.58 Å². The highest BCUT2D eigenvalue weighted by atomic mass is 16.5. The highest BCUT2D eigenvalue weighted by Crippen LogP contribution is 2.32. The minimum absolute atomic E-state index is 0.00129. The number of aliphatic hydroxyl groups excluding tert-OH is 1. The molecule has 0 bridgehead atoms. The number of nitrogens with zero attached hydrogens (tertiary/aromatic N) is 3. The molecule has 2 aliphatic heterocycles. The Morgan fingerprint density at radius 1 is 1.45 bits per heavy atom. The standard InChI is InChI=1S/C15H23N3O4/c1-9-6-12-13(10(2)22-9)16-17(3)14(12)15(20)18-7-11(8-18)21-5-4-19/h9-11,19H,4-8H2,1-3H3/t9-,10+/m1/s1. The number of rotatable bonds is 4. The maximum atomic E-state index is 12.7. The quantitative estimate of drug-likeness (QED) is 0.864. The van der Waals surface area contributed by atoms with Gasteiger partial charge in [0.25, 0.3) is 5.91 Å². The molecule has 0 aliphatic carbocycles. The monoisotopic (exact) mass is 309 g/mol. The Kier molecular flexibility index (Phi) is 4.20. The van der Waals surface area contributed by atoms with Gasteiger partial charge in [0.2, 0.25) is 0 Å². The maximum Gasteiger partial charge on any atom is 0.272 e. The van der Waals surface area contributed by atoms with Gasteiger partial charge >= 0.3 is 0 Å². The van der Waals surface area contributed by atoms with E-state index in [0.717, 1.165) is 11.3 Å². The minimum atomic E-state index is -0.0801. The number of amides is 1. The molecule has 22 heavy (non-hydrogen) atoms. The molecule has 3 rings (SSSR count). The van der Waals surface area contributed by atoms with Crippen molar-refractivity contribution in [2.75, 3.05) is 26.3 Å². The highest BCUT2D eigenvalue weighted by molar-refractivity contribution is 5.95. The van der Waals surface area contributed by atoms with E-state index in [1.165, 1.54) is 0 Å². The average Bonchev–Trinajstić information content (AvgIpc) is 2.73. The van der Waals surface area contributed by atoms with Crippen molar-refractivity contribution in [1.82, 2.24) is 14.7 Å². The maximum absolute atomic E-state index is 12.7. The van der Waals surface area contributed by atoms with Gasteiger partial charge in [0.05, 0.1) is 37.2 Å². The lowest BCUT2D eigenvalue weighted by Gasteiger charge is -2.39. The molecule has 1 saturated heterocycles. The van der Waals surface area contributed by atoms with Crippen molar-refractivity contribution in [3.8, 4) is 0 Å². The molecule has 2 atom stereocenters. The third-order valence-corrected chi connectivity index (χ3v) is 4.27. The van der Waals surface area contributed by atoms with Gasteiger partial charge in [-0.05, 0) is 13.8 Å². The van der Waals surface area contributed by atoms with Crippen molar-refractivity contribution in [3.05, 3.63) is 17.0 Å². The summed E-state index contributed by atoms with van der Waals surface area (Å²) < 4.78 is 12.9. The van der Waals surface area contributed by atoms with Gasteiger partial charge in [0.15, 0.2) is 0 Å². The zero-order chi connectivity index (χ0) is 15.9. The molecule has 1 N–H and O–H groups in total. The van der Waals surface area contributed by atoms with Crippen molar-refractivity contribution < 1.29 is 19.4 Å². The SMILES string of the molecule is C[C@@H]1Cc2c(nn(C)c2C(=O)N2CC(OCCO)C2)[C@H](C)O1. The van der Waals surface area contributed by atoms with E-state index < -0.39 is 0 Å². The second-order valence-electron chi connectivity index (χ2n) is 6.06. The molecule has 3 heterocycles. The van der Waals surface area contributed by atoms with Gasteiger partial charge in [-0.2, -0.15) is 5.10 Å². The molecule has 0 aromatic carbocycles. The van der Waals surface area contributed by atoms with Crippen molar-refractivity contribution in [2.24, 2.45) is 7.05 Å². The van der Waals surface area contributed by atoms with E-state index in [0.29, 0.717) is 31.8 Å². The molecule has 0 radical (unpaired) electrons. The van der Waals surface area contributed by atoms with Crippen molar-refractivity contribution in [1.29, 1.82) is 0 Å². The van der Waals surface area contributed by atoms with Crippen LogP contribution in [0.15, 0.2) is 0 Å². The summed E-state index contributed by atoms with van der Waals surface area (Å²) in [5, 5.41) is 13.2. The molecular formula is C15H23N3O4. The zero-order valence-electron chi connectivity index (χ0n) is 13.3. The number of carbonyl (C=O) groups excluding carboxylic acids is 1. The van der Waals surface area contributed by atoms with Crippen LogP contribution in [-0.4, -0.2) is 64.2 Å². The molecular weight excluding hydrogens is 286 g/mol. The van der Waals surface area contributed by atoms with Gasteiger partial charge in [0, 0.05) is 32.1 Å². The van der Waals surface area contributed by atoms with Gasteiger partial charge in [-0.25, -0.2) is 0 Å². The van der Waals surface area contributed by atoms with Gasteiger partial charge in [-0.15, -0.1) is 0 Å². The van der Waals surface area contributed by atoms with E-state index in [9.17, 15) is 4.79 Å². The predicted molar refractivity (Wildman–Crippen MR) is 78.6 cm³/mol. The number of hydrogen-bond donors (Lipinski definition) is 1. The number of fused-ring (bicyclic) bond motifs is 1. The largest absolute Gasteiger partial charge is 0.394 e. The summed E-state index contributed by atoms with van der Waals surface area (Å²) in [6.07, 6.45) is 0.757. The van der Waals surface area contributed by atoms with Crippen molar-refractivity contribution >= 4 is 5.91 Å². The smallest absolute Gasteiger partial charge is 0.272 e. The fourth-order valence-electron chi connectivity index (χ4n) is 3.21. The summed E-state index contributed by atoms with van der Waals surface area (Å²) in [5.74, 6) is 0.00129. The van der Waals surface area contributed by atoms with Crippen LogP contribution in [0.5, 0.6) is 0 Å². The van der Waals surface area contributed by atoms with E-state index in [-0.39, 0.29) is 30.8 Å². The van der Waals surface area contributed by atoms with Gasteiger partial charge in [-0.3, -0.25) is 9.48 Å². The Balaban J connectivity index is 1.74. The molecule has 1 aromatic rings.